The number of carbonyl (C=O) groups excluding carboxylic acids is 2. The molecule has 3 rings (SSSR count). The van der Waals surface area contributed by atoms with Gasteiger partial charge in [0, 0.05) is 5.56 Å². The molecule has 0 aliphatic carbocycles. The lowest BCUT2D eigenvalue weighted by Crippen LogP contribution is -2.43. The van der Waals surface area contributed by atoms with Crippen LogP contribution in [0.5, 0.6) is 5.75 Å². The first-order valence-corrected chi connectivity index (χ1v) is 8.08. The van der Waals surface area contributed by atoms with Crippen LogP contribution in [-0.4, -0.2) is 36.6 Å². The van der Waals surface area contributed by atoms with Gasteiger partial charge in [0.25, 0.3) is 10.0 Å². The number of para-hydroxylation sites is 1. The number of rotatable bonds is 2. The minimum atomic E-state index is -4.11. The number of nitrogens with one attached hydrogen (secondary N) is 1. The summed E-state index contributed by atoms with van der Waals surface area (Å²) in [6, 6.07) is 5.92. The molecule has 0 aromatic heterocycles. The number of alkyl halides is 1. The van der Waals surface area contributed by atoms with Crippen LogP contribution in [0.3, 0.4) is 0 Å². The van der Waals surface area contributed by atoms with Crippen LogP contribution in [0.4, 0.5) is 4.79 Å². The number of urea groups is 1. The molecule has 0 spiro atoms. The van der Waals surface area contributed by atoms with Gasteiger partial charge in [-0.3, -0.25) is 10.1 Å². The van der Waals surface area contributed by atoms with Gasteiger partial charge in [0.1, 0.15) is 12.3 Å². The lowest BCUT2D eigenvalue weighted by Gasteiger charge is -2.20. The van der Waals surface area contributed by atoms with E-state index >= 15 is 0 Å². The molecule has 1 saturated heterocycles. The first-order chi connectivity index (χ1) is 9.41. The fourth-order valence-electron chi connectivity index (χ4n) is 2.11. The SMILES string of the molecule is O=C1CN(S(=O)(=O)C2Oc3ccccc3C2Br)C(=O)N1. The molecule has 1 fully saturated rings. The third kappa shape index (κ3) is 1.88. The van der Waals surface area contributed by atoms with E-state index < -0.39 is 38.8 Å². The van der Waals surface area contributed by atoms with Crippen LogP contribution in [-0.2, 0) is 14.8 Å². The number of nitrogens with zero attached hydrogens (tertiary/aromatic N) is 1. The maximum atomic E-state index is 12.4. The number of sulfonamides is 1. The first-order valence-electron chi connectivity index (χ1n) is 5.66. The van der Waals surface area contributed by atoms with Gasteiger partial charge in [-0.15, -0.1) is 0 Å². The Kier molecular flexibility index (Phi) is 2.98. The average molecular weight is 361 g/mol. The van der Waals surface area contributed by atoms with Crippen molar-refractivity contribution in [1.82, 2.24) is 9.62 Å². The molecule has 1 aromatic rings. The predicted octanol–water partition coefficient (Wildman–Crippen LogP) is 0.723. The summed E-state index contributed by atoms with van der Waals surface area (Å²) in [6.45, 7) is -0.517. The van der Waals surface area contributed by atoms with Crippen molar-refractivity contribution in [2.45, 2.75) is 10.3 Å². The lowest BCUT2D eigenvalue weighted by molar-refractivity contribution is -0.118. The molecule has 1 N–H and O–H groups in total. The number of hydrogen-bond donors (Lipinski definition) is 1. The summed E-state index contributed by atoms with van der Waals surface area (Å²) in [6.07, 6.45) is 0. The van der Waals surface area contributed by atoms with Crippen molar-refractivity contribution < 1.29 is 22.7 Å². The molecule has 2 atom stereocenters. The van der Waals surface area contributed by atoms with Crippen LogP contribution in [0.2, 0.25) is 0 Å². The maximum absolute atomic E-state index is 12.4. The van der Waals surface area contributed by atoms with Gasteiger partial charge in [-0.1, -0.05) is 34.1 Å². The highest BCUT2D eigenvalue weighted by Gasteiger charge is 2.48. The highest BCUT2D eigenvalue weighted by molar-refractivity contribution is 9.09. The molecule has 2 unspecified atom stereocenters. The molecule has 2 heterocycles. The van der Waals surface area contributed by atoms with Gasteiger partial charge in [0.2, 0.25) is 11.3 Å². The molecule has 2 aliphatic heterocycles. The zero-order chi connectivity index (χ0) is 14.5. The Bertz CT molecular complexity index is 705. The largest absolute Gasteiger partial charge is 0.471 e. The molecule has 2 aliphatic rings. The minimum absolute atomic E-state index is 0.439. The van der Waals surface area contributed by atoms with Gasteiger partial charge in [0.15, 0.2) is 0 Å². The number of carbonyl (C=O) groups is 2. The van der Waals surface area contributed by atoms with Gasteiger partial charge < -0.3 is 4.74 Å². The number of fused-ring (bicyclic) bond motifs is 1. The lowest BCUT2D eigenvalue weighted by atomic mass is 10.2. The topological polar surface area (TPSA) is 92.8 Å². The monoisotopic (exact) mass is 360 g/mol. The molecule has 0 bridgehead atoms. The molecule has 20 heavy (non-hydrogen) atoms. The normalized spacial score (nSPS) is 25.4. The third-order valence-corrected chi connectivity index (χ3v) is 6.25. The Hall–Kier alpha value is -1.61. The number of halogens is 1. The van der Waals surface area contributed by atoms with Gasteiger partial charge in [-0.05, 0) is 6.07 Å². The maximum Gasteiger partial charge on any atom is 0.338 e. The minimum Gasteiger partial charge on any atom is -0.471 e. The van der Waals surface area contributed by atoms with Gasteiger partial charge >= 0.3 is 6.03 Å². The van der Waals surface area contributed by atoms with E-state index in [9.17, 15) is 18.0 Å². The zero-order valence-electron chi connectivity index (χ0n) is 9.95. The Morgan fingerprint density at radius 1 is 1.30 bits per heavy atom. The fourth-order valence-corrected chi connectivity index (χ4v) is 4.92. The Morgan fingerprint density at radius 3 is 2.60 bits per heavy atom. The second kappa shape index (κ2) is 4.45. The quantitative estimate of drug-likeness (QED) is 0.619. The van der Waals surface area contributed by atoms with Gasteiger partial charge in [-0.2, -0.15) is 0 Å². The van der Waals surface area contributed by atoms with Crippen molar-refractivity contribution in [3.05, 3.63) is 29.8 Å². The molecule has 0 radical (unpaired) electrons. The van der Waals surface area contributed by atoms with Gasteiger partial charge in [0.05, 0.1) is 4.83 Å². The molecule has 7 nitrogen and oxygen atoms in total. The smallest absolute Gasteiger partial charge is 0.338 e. The van der Waals surface area contributed by atoms with Crippen LogP contribution >= 0.6 is 15.9 Å². The summed E-state index contributed by atoms with van der Waals surface area (Å²) in [5.41, 5.74) is -0.594. The summed E-state index contributed by atoms with van der Waals surface area (Å²) >= 11 is 3.27. The summed E-state index contributed by atoms with van der Waals surface area (Å²) < 4.78 is 30.8. The molecular formula is C11H9BrN2O5S. The molecule has 1 aromatic carbocycles. The van der Waals surface area contributed by atoms with E-state index in [0.29, 0.717) is 15.6 Å². The summed E-state index contributed by atoms with van der Waals surface area (Å²) in [5, 5.41) is 1.93. The Balaban J connectivity index is 1.95. The number of benzene rings is 1. The third-order valence-electron chi connectivity index (χ3n) is 3.06. The standard InChI is InChI=1S/C11H9BrN2O5S/c12-9-6-3-1-2-4-7(6)19-10(9)20(17,18)14-5-8(15)13-11(14)16/h1-4,9-10H,5H2,(H,13,15,16). The van der Waals surface area contributed by atoms with E-state index in [1.165, 1.54) is 0 Å². The van der Waals surface area contributed by atoms with E-state index in [-0.39, 0.29) is 0 Å². The highest BCUT2D eigenvalue weighted by atomic mass is 79.9. The predicted molar refractivity (Wildman–Crippen MR) is 71.7 cm³/mol. The fraction of sp³-hybridized carbons (Fsp3) is 0.273. The zero-order valence-corrected chi connectivity index (χ0v) is 12.3. The van der Waals surface area contributed by atoms with Crippen LogP contribution in [0, 0.1) is 0 Å². The van der Waals surface area contributed by atoms with Crippen molar-refractivity contribution in [3.63, 3.8) is 0 Å². The van der Waals surface area contributed by atoms with Crippen molar-refractivity contribution in [3.8, 4) is 5.75 Å². The summed E-state index contributed by atoms with van der Waals surface area (Å²) in [4.78, 5) is 22.0. The average Bonchev–Trinajstić information content (AvgIpc) is 2.91. The van der Waals surface area contributed by atoms with Crippen molar-refractivity contribution >= 4 is 37.9 Å². The van der Waals surface area contributed by atoms with Crippen LogP contribution in [0.1, 0.15) is 10.4 Å². The number of ether oxygens (including phenoxy) is 1. The van der Waals surface area contributed by atoms with Crippen molar-refractivity contribution in [1.29, 1.82) is 0 Å². The number of amides is 3. The van der Waals surface area contributed by atoms with E-state index in [4.69, 9.17) is 4.74 Å². The highest BCUT2D eigenvalue weighted by Crippen LogP contribution is 2.44. The molecule has 9 heteroatoms. The molecule has 3 amide bonds. The second-order valence-corrected chi connectivity index (χ2v) is 7.25. The molecule has 0 saturated carbocycles. The summed E-state index contributed by atoms with van der Waals surface area (Å²) in [7, 11) is -4.11. The van der Waals surface area contributed by atoms with Gasteiger partial charge in [-0.25, -0.2) is 17.5 Å². The molecular weight excluding hydrogens is 352 g/mol. The first kappa shape index (κ1) is 13.4. The number of imide groups is 1. The number of hydrogen-bond acceptors (Lipinski definition) is 5. The van der Waals surface area contributed by atoms with E-state index in [0.717, 1.165) is 0 Å². The Labute approximate surface area is 123 Å². The second-order valence-electron chi connectivity index (χ2n) is 4.33. The van der Waals surface area contributed by atoms with Crippen molar-refractivity contribution in [2.75, 3.05) is 6.54 Å². The van der Waals surface area contributed by atoms with Crippen LogP contribution < -0.4 is 10.1 Å². The van der Waals surface area contributed by atoms with Crippen molar-refractivity contribution in [2.24, 2.45) is 0 Å². The van der Waals surface area contributed by atoms with Crippen LogP contribution in [0.15, 0.2) is 24.3 Å². The molecule has 106 valence electrons. The Morgan fingerprint density at radius 2 is 2.00 bits per heavy atom. The summed E-state index contributed by atoms with van der Waals surface area (Å²) in [5.74, 6) is -0.214. The van der Waals surface area contributed by atoms with E-state index in [2.05, 4.69) is 15.9 Å². The van der Waals surface area contributed by atoms with E-state index in [1.807, 2.05) is 5.32 Å². The van der Waals surface area contributed by atoms with E-state index in [1.54, 1.807) is 24.3 Å². The van der Waals surface area contributed by atoms with Crippen LogP contribution in [0.25, 0.3) is 0 Å².